The van der Waals surface area contributed by atoms with Crippen molar-refractivity contribution in [1.82, 2.24) is 10.2 Å². The molecule has 0 spiro atoms. The highest BCUT2D eigenvalue weighted by molar-refractivity contribution is 6.34. The molecule has 0 saturated carbocycles. The molecule has 1 fully saturated rings. The van der Waals surface area contributed by atoms with Gasteiger partial charge in [-0.1, -0.05) is 6.07 Å². The van der Waals surface area contributed by atoms with Crippen LogP contribution in [0.4, 0.5) is 0 Å². The molecule has 132 valence electrons. The van der Waals surface area contributed by atoms with Gasteiger partial charge in [-0.15, -0.1) is 0 Å². The second kappa shape index (κ2) is 8.15. The van der Waals surface area contributed by atoms with E-state index >= 15 is 0 Å². The first kappa shape index (κ1) is 18.3. The number of ether oxygens (including phenoxy) is 1. The number of benzene rings is 1. The molecule has 24 heavy (non-hydrogen) atoms. The van der Waals surface area contributed by atoms with Crippen LogP contribution in [-0.4, -0.2) is 43.5 Å². The molecular weight excluding hydrogens is 306 g/mol. The van der Waals surface area contributed by atoms with Crippen LogP contribution in [0.3, 0.4) is 0 Å². The number of likely N-dealkylation sites (tertiary alicyclic amines) is 1. The Morgan fingerprint density at radius 1 is 1.33 bits per heavy atom. The number of hydrogen-bond donors (Lipinski definition) is 2. The highest BCUT2D eigenvalue weighted by Gasteiger charge is 2.22. The van der Waals surface area contributed by atoms with E-state index in [0.717, 1.165) is 43.8 Å². The smallest absolute Gasteiger partial charge is 0.309 e. The molecule has 0 bridgehead atoms. The van der Waals surface area contributed by atoms with Crippen LogP contribution < -0.4 is 15.8 Å². The minimum Gasteiger partial charge on any atom is -0.496 e. The van der Waals surface area contributed by atoms with Gasteiger partial charge in [0.2, 0.25) is 0 Å². The molecule has 3 N–H and O–H groups in total. The summed E-state index contributed by atoms with van der Waals surface area (Å²) < 4.78 is 5.37. The number of aryl methyl sites for hydroxylation is 2. The zero-order valence-electron chi connectivity index (χ0n) is 14.7. The Labute approximate surface area is 143 Å². The van der Waals surface area contributed by atoms with Gasteiger partial charge in [0.1, 0.15) is 5.75 Å². The predicted octanol–water partition coefficient (Wildman–Crippen LogP) is 1.13. The molecule has 6 nitrogen and oxygen atoms in total. The predicted molar refractivity (Wildman–Crippen MR) is 92.7 cm³/mol. The van der Waals surface area contributed by atoms with Gasteiger partial charge in [-0.05, 0) is 61.9 Å². The first-order chi connectivity index (χ1) is 11.4. The van der Waals surface area contributed by atoms with Crippen molar-refractivity contribution in [1.29, 1.82) is 0 Å². The van der Waals surface area contributed by atoms with Crippen molar-refractivity contribution < 1.29 is 14.3 Å². The Kier molecular flexibility index (Phi) is 6.20. The van der Waals surface area contributed by atoms with Crippen molar-refractivity contribution in [3.05, 3.63) is 28.8 Å². The number of nitrogens with one attached hydrogen (secondary N) is 1. The lowest BCUT2D eigenvalue weighted by Crippen LogP contribution is -2.43. The zero-order chi connectivity index (χ0) is 17.7. The molecule has 1 unspecified atom stereocenters. The highest BCUT2D eigenvalue weighted by atomic mass is 16.5. The van der Waals surface area contributed by atoms with Gasteiger partial charge >= 0.3 is 11.8 Å². The number of piperidine rings is 1. The Hall–Kier alpha value is -2.08. The summed E-state index contributed by atoms with van der Waals surface area (Å²) in [6, 6.07) is 4.27. The molecular formula is C18H27N3O3. The third-order valence-corrected chi connectivity index (χ3v) is 4.63. The summed E-state index contributed by atoms with van der Waals surface area (Å²) in [4.78, 5) is 24.5. The van der Waals surface area contributed by atoms with E-state index in [1.807, 2.05) is 0 Å². The summed E-state index contributed by atoms with van der Waals surface area (Å²) in [6.45, 7) is 7.50. The summed E-state index contributed by atoms with van der Waals surface area (Å²) >= 11 is 0. The summed E-state index contributed by atoms with van der Waals surface area (Å²) in [5, 5.41) is 2.62. The fourth-order valence-corrected chi connectivity index (χ4v) is 3.27. The molecule has 1 aliphatic heterocycles. The van der Waals surface area contributed by atoms with Crippen molar-refractivity contribution in [3.63, 3.8) is 0 Å². The Bertz CT molecular complexity index is 616. The lowest BCUT2D eigenvalue weighted by molar-refractivity contribution is -0.137. The molecule has 1 aromatic rings. The molecule has 6 heteroatoms. The van der Waals surface area contributed by atoms with Gasteiger partial charge in [-0.25, -0.2) is 0 Å². The molecule has 1 aliphatic rings. The summed E-state index contributed by atoms with van der Waals surface area (Å²) in [5.74, 6) is -0.357. The van der Waals surface area contributed by atoms with Crippen LogP contribution in [0.15, 0.2) is 12.1 Å². The van der Waals surface area contributed by atoms with Crippen LogP contribution in [0.25, 0.3) is 0 Å². The van der Waals surface area contributed by atoms with Crippen molar-refractivity contribution in [2.24, 2.45) is 11.7 Å². The van der Waals surface area contributed by atoms with Crippen molar-refractivity contribution in [2.75, 3.05) is 26.7 Å². The Morgan fingerprint density at radius 2 is 2.08 bits per heavy atom. The van der Waals surface area contributed by atoms with E-state index < -0.39 is 11.8 Å². The van der Waals surface area contributed by atoms with Crippen LogP contribution in [0.5, 0.6) is 5.75 Å². The number of primary amides is 1. The quantitative estimate of drug-likeness (QED) is 0.791. The molecule has 0 radical (unpaired) electrons. The van der Waals surface area contributed by atoms with Gasteiger partial charge in [0.15, 0.2) is 0 Å². The second-order valence-corrected chi connectivity index (χ2v) is 6.57. The maximum absolute atomic E-state index is 11.3. The number of carbonyl (C=O) groups excluding carboxylic acids is 2. The monoisotopic (exact) mass is 333 g/mol. The van der Waals surface area contributed by atoms with Crippen LogP contribution >= 0.6 is 0 Å². The topological polar surface area (TPSA) is 84.7 Å². The van der Waals surface area contributed by atoms with E-state index in [1.165, 1.54) is 11.1 Å². The molecule has 1 heterocycles. The number of methoxy groups -OCH3 is 1. The van der Waals surface area contributed by atoms with E-state index in [-0.39, 0.29) is 0 Å². The van der Waals surface area contributed by atoms with Gasteiger partial charge in [-0.3, -0.25) is 14.5 Å². The van der Waals surface area contributed by atoms with Gasteiger partial charge in [0.05, 0.1) is 7.11 Å². The third kappa shape index (κ3) is 4.71. The average Bonchev–Trinajstić information content (AvgIpc) is 2.56. The SMILES string of the molecule is COc1cc(C)c(CN2CCCC(CNC(=O)C(N)=O)C2)cc1C. The van der Waals surface area contributed by atoms with Crippen molar-refractivity contribution >= 4 is 11.8 Å². The summed E-state index contributed by atoms with van der Waals surface area (Å²) in [6.07, 6.45) is 2.14. The van der Waals surface area contributed by atoms with E-state index in [0.29, 0.717) is 12.5 Å². The van der Waals surface area contributed by atoms with Crippen LogP contribution in [0.1, 0.15) is 29.5 Å². The highest BCUT2D eigenvalue weighted by Crippen LogP contribution is 2.25. The molecule has 2 rings (SSSR count). The molecule has 1 atom stereocenters. The summed E-state index contributed by atoms with van der Waals surface area (Å²) in [7, 11) is 1.69. The largest absolute Gasteiger partial charge is 0.496 e. The van der Waals surface area contributed by atoms with Crippen molar-refractivity contribution in [3.8, 4) is 5.75 Å². The number of hydrogen-bond acceptors (Lipinski definition) is 4. The average molecular weight is 333 g/mol. The van der Waals surface area contributed by atoms with E-state index in [4.69, 9.17) is 10.5 Å². The molecule has 0 aromatic heterocycles. The van der Waals surface area contributed by atoms with Gasteiger partial charge < -0.3 is 15.8 Å². The van der Waals surface area contributed by atoms with Gasteiger partial charge in [0, 0.05) is 19.6 Å². The second-order valence-electron chi connectivity index (χ2n) is 6.57. The van der Waals surface area contributed by atoms with E-state index in [1.54, 1.807) is 7.11 Å². The maximum Gasteiger partial charge on any atom is 0.309 e. The first-order valence-corrected chi connectivity index (χ1v) is 8.34. The number of rotatable bonds is 5. The first-order valence-electron chi connectivity index (χ1n) is 8.34. The van der Waals surface area contributed by atoms with E-state index in [2.05, 4.69) is 36.2 Å². The third-order valence-electron chi connectivity index (χ3n) is 4.63. The normalized spacial score (nSPS) is 18.2. The number of amides is 2. The van der Waals surface area contributed by atoms with E-state index in [9.17, 15) is 9.59 Å². The standard InChI is InChI=1S/C18H27N3O3/c1-12-8-16(24-3)13(2)7-15(12)11-21-6-4-5-14(10-21)9-20-18(23)17(19)22/h7-8,14H,4-6,9-11H2,1-3H3,(H2,19,22)(H,20,23). The van der Waals surface area contributed by atoms with Crippen molar-refractivity contribution in [2.45, 2.75) is 33.2 Å². The van der Waals surface area contributed by atoms with Crippen LogP contribution in [0.2, 0.25) is 0 Å². The lowest BCUT2D eigenvalue weighted by atomic mass is 9.96. The lowest BCUT2D eigenvalue weighted by Gasteiger charge is -2.33. The van der Waals surface area contributed by atoms with Gasteiger partial charge in [0.25, 0.3) is 0 Å². The summed E-state index contributed by atoms with van der Waals surface area (Å²) in [5.41, 5.74) is 8.63. The fourth-order valence-electron chi connectivity index (χ4n) is 3.27. The number of nitrogens with zero attached hydrogens (tertiary/aromatic N) is 1. The minimum atomic E-state index is -0.924. The minimum absolute atomic E-state index is 0.349. The molecule has 1 aromatic carbocycles. The van der Waals surface area contributed by atoms with Crippen LogP contribution in [-0.2, 0) is 16.1 Å². The zero-order valence-corrected chi connectivity index (χ0v) is 14.7. The fraction of sp³-hybridized carbons (Fsp3) is 0.556. The number of nitrogens with two attached hydrogens (primary N) is 1. The molecule has 2 amide bonds. The molecule has 0 aliphatic carbocycles. The van der Waals surface area contributed by atoms with Crippen LogP contribution in [0, 0.1) is 19.8 Å². The number of carbonyl (C=O) groups is 2. The molecule has 1 saturated heterocycles. The van der Waals surface area contributed by atoms with Gasteiger partial charge in [-0.2, -0.15) is 0 Å². The maximum atomic E-state index is 11.3. The Morgan fingerprint density at radius 3 is 2.75 bits per heavy atom. The Balaban J connectivity index is 1.94.